The van der Waals surface area contributed by atoms with Gasteiger partial charge in [-0.05, 0) is 57.7 Å². The number of alkyl halides is 3. The molecule has 1 aromatic heterocycles. The molecule has 9 heteroatoms. The maximum Gasteiger partial charge on any atom is 0.461 e. The molecule has 4 nitrogen and oxygen atoms in total. The van der Waals surface area contributed by atoms with Crippen molar-refractivity contribution in [1.82, 2.24) is 9.78 Å². The van der Waals surface area contributed by atoms with Gasteiger partial charge in [0.15, 0.2) is 0 Å². The summed E-state index contributed by atoms with van der Waals surface area (Å²) in [7, 11) is -0.324. The molecule has 0 spiro atoms. The van der Waals surface area contributed by atoms with E-state index in [1.807, 2.05) is 33.8 Å². The molecule has 1 saturated carbocycles. The van der Waals surface area contributed by atoms with Gasteiger partial charge in [0.25, 0.3) is 0 Å². The number of nitrogens with zero attached hydrogens (tertiary/aromatic N) is 2. The second-order valence-corrected chi connectivity index (χ2v) is 8.89. The first kappa shape index (κ1) is 19.1. The predicted molar refractivity (Wildman–Crippen MR) is 98.0 cm³/mol. The molecule has 2 aromatic rings. The normalized spacial score (nSPS) is 26.7. The zero-order valence-electron chi connectivity index (χ0n) is 15.6. The minimum atomic E-state index is -4.34. The van der Waals surface area contributed by atoms with Gasteiger partial charge in [-0.3, -0.25) is 4.68 Å². The Bertz CT molecular complexity index is 881. The van der Waals surface area contributed by atoms with Crippen molar-refractivity contribution in [3.05, 3.63) is 28.9 Å². The van der Waals surface area contributed by atoms with E-state index in [2.05, 4.69) is 5.10 Å². The van der Waals surface area contributed by atoms with Crippen molar-refractivity contribution in [3.8, 4) is 0 Å². The first-order valence-corrected chi connectivity index (χ1v) is 9.33. The fraction of sp³-hybridized carbons (Fsp3) is 0.611. The molecule has 2 atom stereocenters. The average molecular weight is 401 g/mol. The zero-order valence-corrected chi connectivity index (χ0v) is 16.4. The van der Waals surface area contributed by atoms with Crippen molar-refractivity contribution in [3.63, 3.8) is 0 Å². The van der Waals surface area contributed by atoms with Crippen LogP contribution in [0.5, 0.6) is 0 Å². The molecule has 1 aliphatic heterocycles. The number of rotatable bonds is 3. The van der Waals surface area contributed by atoms with E-state index in [4.69, 9.17) is 20.9 Å². The van der Waals surface area contributed by atoms with E-state index in [9.17, 15) is 13.2 Å². The molecule has 1 saturated heterocycles. The molecule has 1 aliphatic carbocycles. The molecule has 146 valence electrons. The molecule has 0 unspecified atom stereocenters. The maximum absolute atomic E-state index is 12.8. The van der Waals surface area contributed by atoms with Crippen LogP contribution in [-0.2, 0) is 15.9 Å². The molecule has 0 radical (unpaired) electrons. The molecule has 27 heavy (non-hydrogen) atoms. The standard InChI is InChI=1S/C18H21BClF3N2O2/c1-16(2)17(3,4)27-19(26-16)13-7-11(13)10-5-14(20)12-8-24-25(15(12)6-10)9-18(21,22)23/h5-6,8,11,13H,7,9H2,1-4H3/t11-,13+/m1/s1. The fourth-order valence-electron chi connectivity index (χ4n) is 3.63. The summed E-state index contributed by atoms with van der Waals surface area (Å²) in [4.78, 5) is 0. The average Bonchev–Trinajstić information content (AvgIpc) is 3.16. The Labute approximate surface area is 161 Å². The first-order valence-electron chi connectivity index (χ1n) is 8.95. The van der Waals surface area contributed by atoms with Crippen LogP contribution in [0.2, 0.25) is 10.8 Å². The first-order chi connectivity index (χ1) is 12.4. The van der Waals surface area contributed by atoms with Crippen LogP contribution in [-0.4, -0.2) is 34.3 Å². The van der Waals surface area contributed by atoms with E-state index in [1.165, 1.54) is 6.20 Å². The van der Waals surface area contributed by atoms with E-state index < -0.39 is 23.9 Å². The highest BCUT2D eigenvalue weighted by Crippen LogP contribution is 2.59. The minimum Gasteiger partial charge on any atom is -0.403 e. The van der Waals surface area contributed by atoms with Crippen LogP contribution in [0.1, 0.15) is 45.6 Å². The summed E-state index contributed by atoms with van der Waals surface area (Å²) >= 11 is 6.32. The van der Waals surface area contributed by atoms with Crippen LogP contribution < -0.4 is 0 Å². The third kappa shape index (κ3) is 3.36. The predicted octanol–water partition coefficient (Wildman–Crippen LogP) is 5.20. The summed E-state index contributed by atoms with van der Waals surface area (Å²) in [6, 6.07) is 3.58. The van der Waals surface area contributed by atoms with Crippen molar-refractivity contribution >= 4 is 29.6 Å². The van der Waals surface area contributed by atoms with Gasteiger partial charge in [-0.2, -0.15) is 18.3 Å². The number of aromatic nitrogens is 2. The Morgan fingerprint density at radius 3 is 2.44 bits per heavy atom. The SMILES string of the molecule is CC1(C)OB([C@H]2C[C@@H]2c2cc(Cl)c3cnn(CC(F)(F)F)c3c2)OC1(C)C. The number of fused-ring (bicyclic) bond motifs is 1. The van der Waals surface area contributed by atoms with Crippen LogP contribution >= 0.6 is 11.6 Å². The third-order valence-corrected chi connectivity index (χ3v) is 6.27. The largest absolute Gasteiger partial charge is 0.461 e. The number of benzene rings is 1. The van der Waals surface area contributed by atoms with Gasteiger partial charge in [0.1, 0.15) is 6.54 Å². The Hall–Kier alpha value is -1.25. The molecule has 2 fully saturated rings. The van der Waals surface area contributed by atoms with Gasteiger partial charge >= 0.3 is 13.3 Å². The van der Waals surface area contributed by atoms with Crippen LogP contribution in [0, 0.1) is 0 Å². The number of hydrogen-bond donors (Lipinski definition) is 0. The third-order valence-electron chi connectivity index (χ3n) is 5.95. The summed E-state index contributed by atoms with van der Waals surface area (Å²) < 4.78 is 51.6. The van der Waals surface area contributed by atoms with E-state index >= 15 is 0 Å². The summed E-state index contributed by atoms with van der Waals surface area (Å²) in [6.45, 7) is 6.87. The monoisotopic (exact) mass is 400 g/mol. The van der Waals surface area contributed by atoms with E-state index in [1.54, 1.807) is 6.07 Å². The van der Waals surface area contributed by atoms with Crippen molar-refractivity contribution in [2.75, 3.05) is 0 Å². The van der Waals surface area contributed by atoms with E-state index in [0.29, 0.717) is 15.9 Å². The molecule has 2 aliphatic rings. The Balaban J connectivity index is 1.60. The zero-order chi connectivity index (χ0) is 19.8. The summed E-state index contributed by atoms with van der Waals surface area (Å²) in [5.74, 6) is 0.314. The molecule has 2 heterocycles. The fourth-order valence-corrected chi connectivity index (χ4v) is 3.90. The van der Waals surface area contributed by atoms with Crippen LogP contribution in [0.25, 0.3) is 10.9 Å². The van der Waals surface area contributed by atoms with Gasteiger partial charge in [-0.15, -0.1) is 0 Å². The van der Waals surface area contributed by atoms with Crippen molar-refractivity contribution in [2.45, 2.75) is 69.8 Å². The summed E-state index contributed by atoms with van der Waals surface area (Å²) in [6.07, 6.45) is -2.11. The Morgan fingerprint density at radius 2 is 1.85 bits per heavy atom. The lowest BCUT2D eigenvalue weighted by molar-refractivity contribution is -0.141. The van der Waals surface area contributed by atoms with Gasteiger partial charge in [-0.25, -0.2) is 0 Å². The van der Waals surface area contributed by atoms with Gasteiger partial charge in [0.2, 0.25) is 0 Å². The highest BCUT2D eigenvalue weighted by atomic mass is 35.5. The molecule has 4 rings (SSSR count). The molecule has 1 aromatic carbocycles. The summed E-state index contributed by atoms with van der Waals surface area (Å²) in [5, 5.41) is 4.80. The Kier molecular flexibility index (Phi) is 4.15. The molecule has 0 N–H and O–H groups in total. The van der Waals surface area contributed by atoms with Crippen molar-refractivity contribution in [1.29, 1.82) is 0 Å². The van der Waals surface area contributed by atoms with E-state index in [0.717, 1.165) is 16.7 Å². The van der Waals surface area contributed by atoms with Crippen LogP contribution in [0.15, 0.2) is 18.3 Å². The van der Waals surface area contributed by atoms with Gasteiger partial charge in [0, 0.05) is 11.2 Å². The second kappa shape index (κ2) is 5.88. The Morgan fingerprint density at radius 1 is 1.22 bits per heavy atom. The van der Waals surface area contributed by atoms with E-state index in [-0.39, 0.29) is 18.9 Å². The second-order valence-electron chi connectivity index (χ2n) is 8.48. The molecular weight excluding hydrogens is 379 g/mol. The van der Waals surface area contributed by atoms with Crippen LogP contribution in [0.4, 0.5) is 13.2 Å². The minimum absolute atomic E-state index is 0.149. The number of halogens is 4. The quantitative estimate of drug-likeness (QED) is 0.664. The molecular formula is C18H21BClF3N2O2. The van der Waals surface area contributed by atoms with Crippen LogP contribution in [0.3, 0.4) is 0 Å². The van der Waals surface area contributed by atoms with Gasteiger partial charge < -0.3 is 9.31 Å². The highest BCUT2D eigenvalue weighted by Gasteiger charge is 2.59. The lowest BCUT2D eigenvalue weighted by atomic mass is 9.79. The van der Waals surface area contributed by atoms with Crippen molar-refractivity contribution < 1.29 is 22.5 Å². The highest BCUT2D eigenvalue weighted by molar-refractivity contribution is 6.49. The summed E-state index contributed by atoms with van der Waals surface area (Å²) in [5.41, 5.74) is 0.487. The molecule has 0 amide bonds. The smallest absolute Gasteiger partial charge is 0.403 e. The lowest BCUT2D eigenvalue weighted by Gasteiger charge is -2.32. The van der Waals surface area contributed by atoms with Crippen molar-refractivity contribution in [2.24, 2.45) is 0 Å². The maximum atomic E-state index is 12.8. The topological polar surface area (TPSA) is 36.3 Å². The lowest BCUT2D eigenvalue weighted by Crippen LogP contribution is -2.41. The van der Waals surface area contributed by atoms with Gasteiger partial charge in [0.05, 0.1) is 27.9 Å². The molecule has 0 bridgehead atoms. The number of hydrogen-bond acceptors (Lipinski definition) is 3. The van der Waals surface area contributed by atoms with Gasteiger partial charge in [-0.1, -0.05) is 11.6 Å².